The third-order valence-electron chi connectivity index (χ3n) is 1.92. The molecule has 1 amide bonds. The minimum absolute atomic E-state index is 0.449. The summed E-state index contributed by atoms with van der Waals surface area (Å²) in [6.07, 6.45) is -4.63. The Kier molecular flexibility index (Phi) is 4.41. The molecule has 106 valence electrons. The third kappa shape index (κ3) is 4.67. The molecule has 0 bridgehead atoms. The van der Waals surface area contributed by atoms with Gasteiger partial charge in [0, 0.05) is 10.7 Å². The number of amides is 1. The van der Waals surface area contributed by atoms with Crippen molar-refractivity contribution in [1.82, 2.24) is 5.32 Å². The van der Waals surface area contributed by atoms with E-state index in [2.05, 4.69) is 0 Å². The van der Waals surface area contributed by atoms with E-state index in [0.717, 1.165) is 12.1 Å². The fourth-order valence-corrected chi connectivity index (χ4v) is 1.87. The molecule has 0 saturated heterocycles. The number of benzene rings is 1. The number of halogens is 5. The van der Waals surface area contributed by atoms with Gasteiger partial charge in [-0.2, -0.15) is 13.2 Å². The number of rotatable bonds is 3. The van der Waals surface area contributed by atoms with Crippen molar-refractivity contribution in [1.29, 1.82) is 0 Å². The molecule has 1 aromatic carbocycles. The first-order valence-electron chi connectivity index (χ1n) is 4.60. The number of hydrogen-bond acceptors (Lipinski definition) is 3. The maximum atomic E-state index is 13.4. The van der Waals surface area contributed by atoms with Crippen molar-refractivity contribution in [2.45, 2.75) is 11.1 Å². The highest BCUT2D eigenvalue weighted by molar-refractivity contribution is 8.13. The summed E-state index contributed by atoms with van der Waals surface area (Å²) in [7, 11) is 0.757. The van der Waals surface area contributed by atoms with Crippen LogP contribution in [0.25, 0.3) is 0 Å². The molecule has 0 aliphatic rings. The fraction of sp³-hybridized carbons (Fsp3) is 0.222. The summed E-state index contributed by atoms with van der Waals surface area (Å²) in [5.74, 6) is -2.60. The second kappa shape index (κ2) is 5.33. The first kappa shape index (κ1) is 15.7. The van der Waals surface area contributed by atoms with Gasteiger partial charge in [-0.1, -0.05) is 0 Å². The molecule has 0 fully saturated rings. The van der Waals surface area contributed by atoms with Crippen LogP contribution in [-0.4, -0.2) is 27.0 Å². The first-order valence-corrected chi connectivity index (χ1v) is 6.91. The summed E-state index contributed by atoms with van der Waals surface area (Å²) in [6.45, 7) is -1.62. The van der Waals surface area contributed by atoms with Crippen LogP contribution in [0.2, 0.25) is 0 Å². The van der Waals surface area contributed by atoms with Gasteiger partial charge < -0.3 is 5.32 Å². The van der Waals surface area contributed by atoms with Crippen molar-refractivity contribution in [2.24, 2.45) is 0 Å². The van der Waals surface area contributed by atoms with Crippen LogP contribution in [-0.2, 0) is 9.05 Å². The zero-order chi connectivity index (χ0) is 14.8. The van der Waals surface area contributed by atoms with Gasteiger partial charge >= 0.3 is 6.18 Å². The number of hydrogen-bond donors (Lipinski definition) is 1. The molecule has 0 saturated carbocycles. The Labute approximate surface area is 109 Å². The molecular weight excluding hydrogens is 314 g/mol. The summed E-state index contributed by atoms with van der Waals surface area (Å²) < 4.78 is 70.7. The minimum atomic E-state index is -4.63. The maximum absolute atomic E-state index is 13.4. The van der Waals surface area contributed by atoms with E-state index in [1.807, 2.05) is 0 Å². The van der Waals surface area contributed by atoms with Crippen molar-refractivity contribution in [2.75, 3.05) is 6.54 Å². The lowest BCUT2D eigenvalue weighted by Gasteiger charge is -2.09. The monoisotopic (exact) mass is 319 g/mol. The molecule has 19 heavy (non-hydrogen) atoms. The highest BCUT2D eigenvalue weighted by atomic mass is 35.7. The van der Waals surface area contributed by atoms with Crippen LogP contribution in [0.5, 0.6) is 0 Å². The highest BCUT2D eigenvalue weighted by Gasteiger charge is 2.28. The topological polar surface area (TPSA) is 63.2 Å². The average Bonchev–Trinajstić information content (AvgIpc) is 2.23. The van der Waals surface area contributed by atoms with Crippen molar-refractivity contribution < 1.29 is 30.8 Å². The van der Waals surface area contributed by atoms with Gasteiger partial charge in [-0.3, -0.25) is 4.79 Å². The van der Waals surface area contributed by atoms with E-state index in [1.54, 1.807) is 0 Å². The normalized spacial score (nSPS) is 12.3. The van der Waals surface area contributed by atoms with Crippen molar-refractivity contribution in [3.8, 4) is 0 Å². The molecule has 0 radical (unpaired) electrons. The molecule has 1 rings (SSSR count). The zero-order valence-corrected chi connectivity index (χ0v) is 10.5. The summed E-state index contributed by atoms with van der Waals surface area (Å²) in [4.78, 5) is 10.6. The summed E-state index contributed by atoms with van der Waals surface area (Å²) >= 11 is 0. The van der Waals surface area contributed by atoms with Gasteiger partial charge in [-0.25, -0.2) is 12.8 Å². The smallest absolute Gasteiger partial charge is 0.343 e. The van der Waals surface area contributed by atoms with Gasteiger partial charge in [0.05, 0.1) is 10.5 Å². The summed E-state index contributed by atoms with van der Waals surface area (Å²) in [5.41, 5.74) is -0.715. The predicted octanol–water partition coefficient (Wildman–Crippen LogP) is 2.05. The Bertz CT molecular complexity index is 600. The molecule has 10 heteroatoms. The van der Waals surface area contributed by atoms with E-state index in [4.69, 9.17) is 10.7 Å². The Balaban J connectivity index is 2.95. The van der Waals surface area contributed by atoms with Gasteiger partial charge in [-0.05, 0) is 18.2 Å². The molecular formula is C9H6ClF4NO3S. The SMILES string of the molecule is O=C(NCC(F)(F)F)c1ccc(S(=O)(=O)Cl)cc1F. The van der Waals surface area contributed by atoms with E-state index in [9.17, 15) is 30.8 Å². The van der Waals surface area contributed by atoms with Gasteiger partial charge in [-0.15, -0.1) is 0 Å². The van der Waals surface area contributed by atoms with Gasteiger partial charge in [0.25, 0.3) is 15.0 Å². The Morgan fingerprint density at radius 3 is 2.32 bits per heavy atom. The van der Waals surface area contributed by atoms with Crippen LogP contribution in [0.4, 0.5) is 17.6 Å². The highest BCUT2D eigenvalue weighted by Crippen LogP contribution is 2.19. The standard InChI is InChI=1S/C9H6ClF4NO3S/c10-19(17,18)5-1-2-6(7(11)3-5)8(16)15-4-9(12,13)14/h1-3H,4H2,(H,15,16). The van der Waals surface area contributed by atoms with E-state index in [0.29, 0.717) is 6.07 Å². The van der Waals surface area contributed by atoms with E-state index >= 15 is 0 Å². The van der Waals surface area contributed by atoms with Crippen molar-refractivity contribution in [3.05, 3.63) is 29.6 Å². The predicted molar refractivity (Wildman–Crippen MR) is 57.8 cm³/mol. The molecule has 0 atom stereocenters. The second-order valence-electron chi connectivity index (χ2n) is 3.38. The Morgan fingerprint density at radius 2 is 1.89 bits per heavy atom. The zero-order valence-electron chi connectivity index (χ0n) is 8.96. The van der Waals surface area contributed by atoms with Crippen molar-refractivity contribution >= 4 is 25.6 Å². The molecule has 1 N–H and O–H groups in total. The maximum Gasteiger partial charge on any atom is 0.405 e. The third-order valence-corrected chi connectivity index (χ3v) is 3.27. The van der Waals surface area contributed by atoms with Crippen LogP contribution in [0, 0.1) is 5.82 Å². The molecule has 0 aromatic heterocycles. The summed E-state index contributed by atoms with van der Waals surface area (Å²) in [5, 5.41) is 1.45. The van der Waals surface area contributed by atoms with Crippen LogP contribution in [0.15, 0.2) is 23.1 Å². The van der Waals surface area contributed by atoms with Gasteiger partial charge in [0.1, 0.15) is 12.4 Å². The van der Waals surface area contributed by atoms with Crippen LogP contribution >= 0.6 is 10.7 Å². The molecule has 0 heterocycles. The number of nitrogens with one attached hydrogen (secondary N) is 1. The largest absolute Gasteiger partial charge is 0.405 e. The number of carbonyl (C=O) groups is 1. The van der Waals surface area contributed by atoms with E-state index < -0.39 is 44.0 Å². The van der Waals surface area contributed by atoms with Crippen molar-refractivity contribution in [3.63, 3.8) is 0 Å². The lowest BCUT2D eigenvalue weighted by molar-refractivity contribution is -0.123. The molecule has 0 spiro atoms. The molecule has 0 aliphatic heterocycles. The minimum Gasteiger partial charge on any atom is -0.343 e. The quantitative estimate of drug-likeness (QED) is 0.685. The molecule has 4 nitrogen and oxygen atoms in total. The Morgan fingerprint density at radius 1 is 1.32 bits per heavy atom. The molecule has 0 aliphatic carbocycles. The van der Waals surface area contributed by atoms with E-state index in [-0.39, 0.29) is 0 Å². The van der Waals surface area contributed by atoms with Gasteiger partial charge in [0.2, 0.25) is 0 Å². The van der Waals surface area contributed by atoms with Crippen LogP contribution in [0.1, 0.15) is 10.4 Å². The lowest BCUT2D eigenvalue weighted by atomic mass is 10.2. The summed E-state index contributed by atoms with van der Waals surface area (Å²) in [6, 6.07) is 2.00. The number of alkyl halides is 3. The van der Waals surface area contributed by atoms with Crippen LogP contribution in [0.3, 0.4) is 0 Å². The fourth-order valence-electron chi connectivity index (χ4n) is 1.11. The average molecular weight is 320 g/mol. The van der Waals surface area contributed by atoms with E-state index in [1.165, 1.54) is 5.32 Å². The molecule has 1 aromatic rings. The molecule has 0 unspecified atom stereocenters. The number of carbonyl (C=O) groups excluding carboxylic acids is 1. The first-order chi connectivity index (χ1) is 8.50. The lowest BCUT2D eigenvalue weighted by Crippen LogP contribution is -2.34. The second-order valence-corrected chi connectivity index (χ2v) is 5.94. The van der Waals surface area contributed by atoms with Crippen LogP contribution < -0.4 is 5.32 Å². The Hall–Kier alpha value is -1.35. The van der Waals surface area contributed by atoms with Gasteiger partial charge in [0.15, 0.2) is 0 Å².